The summed E-state index contributed by atoms with van der Waals surface area (Å²) in [6.45, 7) is 9.31. The van der Waals surface area contributed by atoms with E-state index < -0.39 is 16.5 Å². The highest BCUT2D eigenvalue weighted by atomic mass is 35.5. The van der Waals surface area contributed by atoms with E-state index in [4.69, 9.17) is 23.2 Å². The van der Waals surface area contributed by atoms with Crippen molar-refractivity contribution in [2.45, 2.75) is 82.8 Å². The number of halogens is 3. The molecule has 7 heteroatoms. The maximum Gasteiger partial charge on any atom is 0.251 e. The minimum Gasteiger partial charge on any atom is -0.349 e. The zero-order valence-electron chi connectivity index (χ0n) is 20.9. The van der Waals surface area contributed by atoms with E-state index in [0.717, 1.165) is 22.3 Å². The highest BCUT2D eigenvalue weighted by molar-refractivity contribution is 6.32. The van der Waals surface area contributed by atoms with Gasteiger partial charge in [0.15, 0.2) is 0 Å². The third-order valence-corrected chi connectivity index (χ3v) is 8.68. The molecule has 0 bridgehead atoms. The molecule has 2 aromatic rings. The van der Waals surface area contributed by atoms with Gasteiger partial charge in [0.1, 0.15) is 5.67 Å². The minimum atomic E-state index is -1.15. The summed E-state index contributed by atoms with van der Waals surface area (Å²) in [5.74, 6) is -0.964. The van der Waals surface area contributed by atoms with Crippen LogP contribution in [0, 0.1) is 26.7 Å². The van der Waals surface area contributed by atoms with E-state index in [-0.39, 0.29) is 23.8 Å². The van der Waals surface area contributed by atoms with E-state index in [1.807, 2.05) is 45.9 Å². The fourth-order valence-electron chi connectivity index (χ4n) is 5.22. The average molecular weight is 519 g/mol. The third kappa shape index (κ3) is 5.36. The second-order valence-electron chi connectivity index (χ2n) is 10.7. The molecule has 0 saturated heterocycles. The van der Waals surface area contributed by atoms with Gasteiger partial charge < -0.3 is 10.6 Å². The summed E-state index contributed by atoms with van der Waals surface area (Å²) in [5, 5.41) is 6.65. The van der Waals surface area contributed by atoms with Crippen molar-refractivity contribution in [2.24, 2.45) is 5.92 Å². The Kier molecular flexibility index (Phi) is 6.98. The molecule has 3 unspecified atom stereocenters. The number of carbonyl (C=O) groups is 2. The first kappa shape index (κ1) is 26.0. The molecular formula is C28H33Cl2FN2O2. The van der Waals surface area contributed by atoms with Crippen LogP contribution >= 0.6 is 23.2 Å². The van der Waals surface area contributed by atoms with E-state index in [9.17, 15) is 14.0 Å². The molecule has 2 saturated carbocycles. The Morgan fingerprint density at radius 1 is 1.03 bits per heavy atom. The molecule has 2 amide bonds. The van der Waals surface area contributed by atoms with Gasteiger partial charge in [-0.2, -0.15) is 0 Å². The van der Waals surface area contributed by atoms with Crippen LogP contribution in [0.15, 0.2) is 30.3 Å². The van der Waals surface area contributed by atoms with Crippen molar-refractivity contribution >= 4 is 40.7 Å². The molecule has 4 rings (SSSR count). The molecule has 2 aliphatic carbocycles. The van der Waals surface area contributed by atoms with Gasteiger partial charge in [0.05, 0.1) is 10.8 Å². The number of carbonyl (C=O) groups excluding carboxylic acids is 2. The number of anilines is 1. The van der Waals surface area contributed by atoms with Crippen LogP contribution in [0.5, 0.6) is 0 Å². The number of nitrogens with one attached hydrogen (secondary N) is 2. The van der Waals surface area contributed by atoms with Crippen LogP contribution in [0.1, 0.15) is 78.1 Å². The standard InChI is InChI=1S/C28H33Cl2FN2O2/c1-15-6-7-20(14-21(15)25(34)32-19-8-10-27(4,31)11-9-19)33-26(35)24-23(28(24,5)30)18-12-16(2)17(3)22(29)13-18/h6-7,12-14,19,23-24H,8-11H2,1-5H3,(H,32,34)(H,33,35). The van der Waals surface area contributed by atoms with Crippen LogP contribution in [0.25, 0.3) is 0 Å². The molecule has 2 N–H and O–H groups in total. The SMILES string of the molecule is Cc1ccc(NC(=O)C2C(c3cc(C)c(C)c(Cl)c3)C2(C)Cl)cc1C(=O)NC1CCC(C)(F)CC1. The van der Waals surface area contributed by atoms with Crippen molar-refractivity contribution in [1.82, 2.24) is 5.32 Å². The first-order valence-corrected chi connectivity index (χ1v) is 12.9. The normalized spacial score (nSPS) is 30.0. The van der Waals surface area contributed by atoms with Crippen molar-refractivity contribution in [3.8, 4) is 0 Å². The maximum atomic E-state index is 14.1. The van der Waals surface area contributed by atoms with Crippen molar-refractivity contribution in [3.63, 3.8) is 0 Å². The summed E-state index contributed by atoms with van der Waals surface area (Å²) in [7, 11) is 0. The largest absolute Gasteiger partial charge is 0.349 e. The summed E-state index contributed by atoms with van der Waals surface area (Å²) >= 11 is 13.1. The van der Waals surface area contributed by atoms with Crippen molar-refractivity contribution < 1.29 is 14.0 Å². The molecule has 0 radical (unpaired) electrons. The fraction of sp³-hybridized carbons (Fsp3) is 0.500. The van der Waals surface area contributed by atoms with Gasteiger partial charge in [-0.05, 0) is 101 Å². The van der Waals surface area contributed by atoms with Gasteiger partial charge in [0, 0.05) is 28.2 Å². The topological polar surface area (TPSA) is 58.2 Å². The Balaban J connectivity index is 1.45. The lowest BCUT2D eigenvalue weighted by atomic mass is 9.85. The van der Waals surface area contributed by atoms with Gasteiger partial charge >= 0.3 is 0 Å². The fourth-order valence-corrected chi connectivity index (χ4v) is 5.91. The molecule has 0 spiro atoms. The van der Waals surface area contributed by atoms with Crippen molar-refractivity contribution in [1.29, 1.82) is 0 Å². The average Bonchev–Trinajstić information content (AvgIpc) is 3.36. The summed E-state index contributed by atoms with van der Waals surface area (Å²) in [5.41, 5.74) is 3.74. The van der Waals surface area contributed by atoms with Gasteiger partial charge in [-0.1, -0.05) is 23.7 Å². The lowest BCUT2D eigenvalue weighted by Crippen LogP contribution is -2.40. The molecule has 2 aliphatic rings. The number of hydrogen-bond donors (Lipinski definition) is 2. The number of aryl methyl sites for hydroxylation is 2. The zero-order chi connectivity index (χ0) is 25.7. The molecule has 0 heterocycles. The monoisotopic (exact) mass is 518 g/mol. The van der Waals surface area contributed by atoms with Crippen LogP contribution in [0.2, 0.25) is 5.02 Å². The van der Waals surface area contributed by atoms with E-state index in [0.29, 0.717) is 42.0 Å². The van der Waals surface area contributed by atoms with Crippen LogP contribution in [0.3, 0.4) is 0 Å². The summed E-state index contributed by atoms with van der Waals surface area (Å²) < 4.78 is 14.1. The first-order chi connectivity index (χ1) is 16.3. The van der Waals surface area contributed by atoms with Crippen LogP contribution in [0.4, 0.5) is 10.1 Å². The van der Waals surface area contributed by atoms with E-state index in [1.54, 1.807) is 19.1 Å². The Morgan fingerprint density at radius 2 is 1.69 bits per heavy atom. The number of rotatable bonds is 5. The smallest absolute Gasteiger partial charge is 0.251 e. The van der Waals surface area contributed by atoms with Crippen LogP contribution in [-0.2, 0) is 4.79 Å². The van der Waals surface area contributed by atoms with Crippen LogP contribution in [-0.4, -0.2) is 28.4 Å². The highest BCUT2D eigenvalue weighted by Gasteiger charge is 2.65. The first-order valence-electron chi connectivity index (χ1n) is 12.2. The van der Waals surface area contributed by atoms with Gasteiger partial charge in [0.2, 0.25) is 5.91 Å². The Morgan fingerprint density at radius 3 is 2.31 bits per heavy atom. The van der Waals surface area contributed by atoms with Gasteiger partial charge in [-0.25, -0.2) is 4.39 Å². The number of hydrogen-bond acceptors (Lipinski definition) is 2. The summed E-state index contributed by atoms with van der Waals surface area (Å²) in [4.78, 5) is 25.4. The predicted molar refractivity (Wildman–Crippen MR) is 140 cm³/mol. The van der Waals surface area contributed by atoms with Crippen molar-refractivity contribution in [3.05, 3.63) is 63.2 Å². The molecule has 0 aliphatic heterocycles. The molecular weight excluding hydrogens is 486 g/mol. The predicted octanol–water partition coefficient (Wildman–Crippen LogP) is 7.02. The lowest BCUT2D eigenvalue weighted by molar-refractivity contribution is -0.117. The molecule has 35 heavy (non-hydrogen) atoms. The van der Waals surface area contributed by atoms with E-state index in [2.05, 4.69) is 10.6 Å². The zero-order valence-corrected chi connectivity index (χ0v) is 22.4. The van der Waals surface area contributed by atoms with Crippen LogP contribution < -0.4 is 10.6 Å². The summed E-state index contributed by atoms with van der Waals surface area (Å²) in [6, 6.07) is 9.20. The summed E-state index contributed by atoms with van der Waals surface area (Å²) in [6.07, 6.45) is 2.12. The Hall–Kier alpha value is -2.11. The maximum absolute atomic E-state index is 14.1. The third-order valence-electron chi connectivity index (χ3n) is 7.82. The quantitative estimate of drug-likeness (QED) is 0.418. The number of benzene rings is 2. The second-order valence-corrected chi connectivity index (χ2v) is 12.0. The number of amides is 2. The molecule has 2 fully saturated rings. The molecule has 3 atom stereocenters. The Labute approximate surface area is 217 Å². The van der Waals surface area contributed by atoms with Gasteiger partial charge in [-0.15, -0.1) is 11.6 Å². The van der Waals surface area contributed by atoms with Crippen molar-refractivity contribution in [2.75, 3.05) is 5.32 Å². The lowest BCUT2D eigenvalue weighted by Gasteiger charge is -2.31. The van der Waals surface area contributed by atoms with E-state index >= 15 is 0 Å². The molecule has 4 nitrogen and oxygen atoms in total. The Bertz CT molecular complexity index is 1140. The number of alkyl halides is 2. The molecule has 2 aromatic carbocycles. The molecule has 188 valence electrons. The van der Waals surface area contributed by atoms with Gasteiger partial charge in [-0.3, -0.25) is 9.59 Å². The van der Waals surface area contributed by atoms with Gasteiger partial charge in [0.25, 0.3) is 5.91 Å². The highest BCUT2D eigenvalue weighted by Crippen LogP contribution is 2.62. The van der Waals surface area contributed by atoms with E-state index in [1.165, 1.54) is 0 Å². The molecule has 0 aromatic heterocycles. The minimum absolute atomic E-state index is 0.0436. The second kappa shape index (κ2) is 9.40.